The van der Waals surface area contributed by atoms with E-state index >= 15 is 0 Å². The number of hydrogen-bond donors (Lipinski definition) is 0. The highest BCUT2D eigenvalue weighted by atomic mass is 14.2. The first-order valence-corrected chi connectivity index (χ1v) is 3.05. The zero-order chi connectivity index (χ0) is 7.11. The lowest BCUT2D eigenvalue weighted by Gasteiger charge is -1.87. The Hall–Kier alpha value is -1.03. The lowest BCUT2D eigenvalue weighted by molar-refractivity contribution is 1.16. The minimum atomic E-state index is 0.699. The normalized spacial score (nSPS) is 10.4. The Morgan fingerprint density at radius 2 is 2.44 bits per heavy atom. The van der Waals surface area contributed by atoms with E-state index < -0.39 is 0 Å². The van der Waals surface area contributed by atoms with E-state index in [-0.39, 0.29) is 0 Å². The van der Waals surface area contributed by atoms with Crippen molar-refractivity contribution < 1.29 is 0 Å². The van der Waals surface area contributed by atoms with Crippen LogP contribution in [-0.2, 0) is 0 Å². The number of rotatable bonds is 3. The first-order valence-electron chi connectivity index (χ1n) is 3.05. The molecule has 0 rings (SSSR count). The van der Waals surface area contributed by atoms with Gasteiger partial charge in [0.05, 0.1) is 6.07 Å². The molecule has 0 saturated carbocycles. The fourth-order valence-corrected chi connectivity index (χ4v) is 0.577. The van der Waals surface area contributed by atoms with Crippen LogP contribution in [0.3, 0.4) is 0 Å². The minimum Gasteiger partial charge on any atom is -0.193 e. The van der Waals surface area contributed by atoms with Crippen LogP contribution in [0.15, 0.2) is 24.3 Å². The SMILES string of the molecule is C=CC/C(C#N)=C\CC. The summed E-state index contributed by atoms with van der Waals surface area (Å²) in [6, 6.07) is 2.09. The van der Waals surface area contributed by atoms with E-state index in [1.165, 1.54) is 0 Å². The number of hydrogen-bond acceptors (Lipinski definition) is 1. The molecule has 0 aliphatic carbocycles. The lowest BCUT2D eigenvalue weighted by Crippen LogP contribution is -1.73. The van der Waals surface area contributed by atoms with Gasteiger partial charge in [-0.25, -0.2) is 0 Å². The summed E-state index contributed by atoms with van der Waals surface area (Å²) < 4.78 is 0. The Bertz CT molecular complexity index is 148. The van der Waals surface area contributed by atoms with Crippen LogP contribution < -0.4 is 0 Å². The molecular formula is C8H11N. The van der Waals surface area contributed by atoms with Crippen LogP contribution in [-0.4, -0.2) is 0 Å². The molecule has 0 aromatic heterocycles. The predicted molar refractivity (Wildman–Crippen MR) is 38.8 cm³/mol. The van der Waals surface area contributed by atoms with E-state index in [9.17, 15) is 0 Å². The van der Waals surface area contributed by atoms with Crippen molar-refractivity contribution in [3.8, 4) is 6.07 Å². The molecule has 0 amide bonds. The van der Waals surface area contributed by atoms with Crippen molar-refractivity contribution in [2.75, 3.05) is 0 Å². The van der Waals surface area contributed by atoms with Gasteiger partial charge in [-0.3, -0.25) is 0 Å². The molecule has 0 atom stereocenters. The van der Waals surface area contributed by atoms with Crippen LogP contribution >= 0.6 is 0 Å². The van der Waals surface area contributed by atoms with Gasteiger partial charge in [0.25, 0.3) is 0 Å². The van der Waals surface area contributed by atoms with E-state index in [0.717, 1.165) is 12.0 Å². The zero-order valence-corrected chi connectivity index (χ0v) is 5.72. The first-order chi connectivity index (χ1) is 4.35. The van der Waals surface area contributed by atoms with E-state index in [1.54, 1.807) is 6.08 Å². The van der Waals surface area contributed by atoms with Crippen molar-refractivity contribution in [3.05, 3.63) is 24.3 Å². The highest BCUT2D eigenvalue weighted by Crippen LogP contribution is 2.00. The molecule has 0 aliphatic heterocycles. The molecule has 0 aliphatic rings. The molecule has 0 bridgehead atoms. The van der Waals surface area contributed by atoms with Crippen molar-refractivity contribution in [2.24, 2.45) is 0 Å². The molecule has 0 radical (unpaired) electrons. The van der Waals surface area contributed by atoms with E-state index in [1.807, 2.05) is 13.0 Å². The Balaban J connectivity index is 3.85. The largest absolute Gasteiger partial charge is 0.193 e. The van der Waals surface area contributed by atoms with Gasteiger partial charge in [0.2, 0.25) is 0 Å². The average Bonchev–Trinajstić information content (AvgIpc) is 1.88. The van der Waals surface area contributed by atoms with Gasteiger partial charge in [0.15, 0.2) is 0 Å². The molecule has 0 unspecified atom stereocenters. The van der Waals surface area contributed by atoms with Crippen LogP contribution in [0, 0.1) is 11.3 Å². The van der Waals surface area contributed by atoms with Crippen LogP contribution in [0.5, 0.6) is 0 Å². The molecule has 1 nitrogen and oxygen atoms in total. The molecule has 0 N–H and O–H groups in total. The maximum atomic E-state index is 8.42. The molecule has 0 spiro atoms. The van der Waals surface area contributed by atoms with Gasteiger partial charge in [-0.05, 0) is 12.8 Å². The van der Waals surface area contributed by atoms with Crippen LogP contribution in [0.25, 0.3) is 0 Å². The van der Waals surface area contributed by atoms with Gasteiger partial charge in [0.1, 0.15) is 0 Å². The summed E-state index contributed by atoms with van der Waals surface area (Å²) in [5.41, 5.74) is 0.813. The van der Waals surface area contributed by atoms with Gasteiger partial charge < -0.3 is 0 Å². The van der Waals surface area contributed by atoms with Crippen molar-refractivity contribution >= 4 is 0 Å². The molecule has 0 saturated heterocycles. The fourth-order valence-electron chi connectivity index (χ4n) is 0.577. The van der Waals surface area contributed by atoms with E-state index in [4.69, 9.17) is 5.26 Å². The molecule has 1 heteroatoms. The van der Waals surface area contributed by atoms with Gasteiger partial charge in [-0.2, -0.15) is 5.26 Å². The Labute approximate surface area is 56.3 Å². The third kappa shape index (κ3) is 3.54. The average molecular weight is 121 g/mol. The highest BCUT2D eigenvalue weighted by molar-refractivity contribution is 5.22. The molecule has 0 heterocycles. The van der Waals surface area contributed by atoms with Crippen LogP contribution in [0.4, 0.5) is 0 Å². The first kappa shape index (κ1) is 7.97. The maximum absolute atomic E-state index is 8.42. The van der Waals surface area contributed by atoms with Crippen molar-refractivity contribution in [2.45, 2.75) is 19.8 Å². The van der Waals surface area contributed by atoms with Crippen LogP contribution in [0.1, 0.15) is 19.8 Å². The van der Waals surface area contributed by atoms with Gasteiger partial charge >= 0.3 is 0 Å². The third-order valence-electron chi connectivity index (χ3n) is 0.958. The maximum Gasteiger partial charge on any atom is 0.0947 e. The Kier molecular flexibility index (Phi) is 4.53. The smallest absolute Gasteiger partial charge is 0.0947 e. The summed E-state index contributed by atoms with van der Waals surface area (Å²) in [5.74, 6) is 0. The molecule has 9 heavy (non-hydrogen) atoms. The molecular weight excluding hydrogens is 110 g/mol. The lowest BCUT2D eigenvalue weighted by atomic mass is 10.2. The predicted octanol–water partition coefficient (Wildman–Crippen LogP) is 2.42. The van der Waals surface area contributed by atoms with E-state index in [2.05, 4.69) is 12.6 Å². The third-order valence-corrected chi connectivity index (χ3v) is 0.958. The zero-order valence-electron chi connectivity index (χ0n) is 5.72. The summed E-state index contributed by atoms with van der Waals surface area (Å²) >= 11 is 0. The second kappa shape index (κ2) is 5.11. The number of nitrogens with zero attached hydrogens (tertiary/aromatic N) is 1. The summed E-state index contributed by atoms with van der Waals surface area (Å²) in [6.07, 6.45) is 5.29. The Morgan fingerprint density at radius 3 is 2.78 bits per heavy atom. The van der Waals surface area contributed by atoms with Crippen molar-refractivity contribution in [3.63, 3.8) is 0 Å². The fraction of sp³-hybridized carbons (Fsp3) is 0.375. The Morgan fingerprint density at radius 1 is 1.78 bits per heavy atom. The summed E-state index contributed by atoms with van der Waals surface area (Å²) in [6.45, 7) is 5.55. The molecule has 0 aromatic rings. The summed E-state index contributed by atoms with van der Waals surface area (Å²) in [5, 5.41) is 8.42. The standard InChI is InChI=1S/C8H11N/c1-3-5-8(7-9)6-4-2/h3,6H,1,4-5H2,2H3/b8-6+. The van der Waals surface area contributed by atoms with E-state index in [0.29, 0.717) is 6.42 Å². The van der Waals surface area contributed by atoms with Crippen molar-refractivity contribution in [1.82, 2.24) is 0 Å². The van der Waals surface area contributed by atoms with Crippen molar-refractivity contribution in [1.29, 1.82) is 5.26 Å². The van der Waals surface area contributed by atoms with Gasteiger partial charge in [-0.15, -0.1) is 6.58 Å². The highest BCUT2D eigenvalue weighted by Gasteiger charge is 1.86. The molecule has 48 valence electrons. The van der Waals surface area contributed by atoms with Gasteiger partial charge in [0, 0.05) is 5.57 Å². The quantitative estimate of drug-likeness (QED) is 0.415. The second-order valence-corrected chi connectivity index (χ2v) is 1.74. The summed E-state index contributed by atoms with van der Waals surface area (Å²) in [7, 11) is 0. The molecule has 0 fully saturated rings. The number of allylic oxidation sites excluding steroid dienone is 3. The molecule has 0 aromatic carbocycles. The minimum absolute atomic E-state index is 0.699. The summed E-state index contributed by atoms with van der Waals surface area (Å²) in [4.78, 5) is 0. The monoisotopic (exact) mass is 121 g/mol. The second-order valence-electron chi connectivity index (χ2n) is 1.74. The topological polar surface area (TPSA) is 23.8 Å². The van der Waals surface area contributed by atoms with Gasteiger partial charge in [-0.1, -0.05) is 19.1 Å². The van der Waals surface area contributed by atoms with Crippen LogP contribution in [0.2, 0.25) is 0 Å². The number of nitriles is 1.